The van der Waals surface area contributed by atoms with Crippen molar-refractivity contribution in [3.63, 3.8) is 0 Å². The first kappa shape index (κ1) is 34.8. The van der Waals surface area contributed by atoms with Gasteiger partial charge in [0.25, 0.3) is 14.2 Å². The number of hydrogen-bond donors (Lipinski definition) is 0. The van der Waals surface area contributed by atoms with Crippen molar-refractivity contribution in [1.82, 2.24) is 4.67 Å². The summed E-state index contributed by atoms with van der Waals surface area (Å²) in [5.74, 6) is 0.977. The molecule has 0 radical (unpaired) electrons. The monoisotopic (exact) mass is 615 g/mol. The van der Waals surface area contributed by atoms with E-state index >= 15 is 0 Å². The highest BCUT2D eigenvalue weighted by Crippen LogP contribution is 2.48. The van der Waals surface area contributed by atoms with Crippen LogP contribution in [0.15, 0.2) is 46.6 Å². The Morgan fingerprint density at radius 2 is 1.72 bits per heavy atom. The number of benzene rings is 2. The van der Waals surface area contributed by atoms with Crippen LogP contribution in [0.5, 0.6) is 5.75 Å². The SMILES string of the molecule is CCCOP(OCCCCN1c2cc(OC)c(/N=N/c3ccc([N+](=O)[O-])cc3)cc2C(C)CC1(C)C)N(C(C)C)C(C)C. The summed E-state index contributed by atoms with van der Waals surface area (Å²) in [6, 6.07) is 10.9. The van der Waals surface area contributed by atoms with E-state index in [1.54, 1.807) is 19.2 Å². The van der Waals surface area contributed by atoms with Crippen molar-refractivity contribution in [1.29, 1.82) is 0 Å². The van der Waals surface area contributed by atoms with Gasteiger partial charge >= 0.3 is 0 Å². The van der Waals surface area contributed by atoms with Gasteiger partial charge in [0.15, 0.2) is 0 Å². The fourth-order valence-electron chi connectivity index (χ4n) is 5.74. The summed E-state index contributed by atoms with van der Waals surface area (Å²) in [6.07, 6.45) is 3.91. The molecule has 0 amide bonds. The van der Waals surface area contributed by atoms with E-state index < -0.39 is 13.4 Å². The van der Waals surface area contributed by atoms with Crippen LogP contribution in [0.4, 0.5) is 22.7 Å². The number of hydrogen-bond acceptors (Lipinski definition) is 9. The highest BCUT2D eigenvalue weighted by Gasteiger charge is 2.37. The number of fused-ring (bicyclic) bond motifs is 1. The van der Waals surface area contributed by atoms with Crippen LogP contribution in [-0.2, 0) is 9.05 Å². The van der Waals surface area contributed by atoms with Crippen LogP contribution in [0.2, 0.25) is 0 Å². The number of anilines is 1. The summed E-state index contributed by atoms with van der Waals surface area (Å²) < 4.78 is 20.6. The van der Waals surface area contributed by atoms with Gasteiger partial charge in [0.1, 0.15) is 11.4 Å². The predicted octanol–water partition coefficient (Wildman–Crippen LogP) is 9.68. The van der Waals surface area contributed by atoms with Gasteiger partial charge in [-0.25, -0.2) is 4.67 Å². The van der Waals surface area contributed by atoms with Gasteiger partial charge in [-0.05, 0) is 96.9 Å². The third-order valence-corrected chi connectivity index (χ3v) is 9.76. The van der Waals surface area contributed by atoms with Gasteiger partial charge in [0.2, 0.25) is 0 Å². The molecule has 10 nitrogen and oxygen atoms in total. The topological polar surface area (TPSA) is 102 Å². The third-order valence-electron chi connectivity index (χ3n) is 7.65. The van der Waals surface area contributed by atoms with E-state index in [0.717, 1.165) is 37.9 Å². The molecule has 3 rings (SSSR count). The number of nitro benzene ring substituents is 1. The van der Waals surface area contributed by atoms with E-state index in [2.05, 4.69) is 87.3 Å². The Morgan fingerprint density at radius 1 is 1.07 bits per heavy atom. The van der Waals surface area contributed by atoms with Gasteiger partial charge in [-0.3, -0.25) is 10.1 Å². The normalized spacial score (nSPS) is 17.2. The van der Waals surface area contributed by atoms with Gasteiger partial charge in [-0.15, -0.1) is 5.11 Å². The minimum Gasteiger partial charge on any atom is -0.494 e. The van der Waals surface area contributed by atoms with Gasteiger partial charge in [-0.1, -0.05) is 13.8 Å². The van der Waals surface area contributed by atoms with Crippen LogP contribution >= 0.6 is 8.53 Å². The zero-order chi connectivity index (χ0) is 31.7. The average molecular weight is 616 g/mol. The van der Waals surface area contributed by atoms with Crippen LogP contribution in [0.25, 0.3) is 0 Å². The predicted molar refractivity (Wildman–Crippen MR) is 175 cm³/mol. The molecule has 1 heterocycles. The minimum atomic E-state index is -1.09. The second-order valence-corrected chi connectivity index (χ2v) is 13.8. The van der Waals surface area contributed by atoms with Crippen LogP contribution in [-0.4, -0.2) is 54.1 Å². The van der Waals surface area contributed by atoms with E-state index in [9.17, 15) is 10.1 Å². The Morgan fingerprint density at radius 3 is 2.30 bits per heavy atom. The fourth-order valence-corrected chi connectivity index (χ4v) is 7.46. The molecule has 43 heavy (non-hydrogen) atoms. The van der Waals surface area contributed by atoms with E-state index in [-0.39, 0.29) is 11.2 Å². The number of unbranched alkanes of at least 4 members (excludes halogenated alkanes) is 1. The summed E-state index contributed by atoms with van der Waals surface area (Å²) in [6.45, 7) is 20.0. The second-order valence-electron chi connectivity index (χ2n) is 12.3. The lowest BCUT2D eigenvalue weighted by molar-refractivity contribution is -0.384. The summed E-state index contributed by atoms with van der Waals surface area (Å²) in [7, 11) is 0.552. The molecular formula is C32H50N5O5P. The minimum absolute atomic E-state index is 0.0205. The highest BCUT2D eigenvalue weighted by molar-refractivity contribution is 7.44. The number of non-ortho nitro benzene ring substituents is 1. The molecule has 2 aromatic carbocycles. The van der Waals surface area contributed by atoms with Crippen molar-refractivity contribution in [3.05, 3.63) is 52.1 Å². The maximum atomic E-state index is 11.0. The van der Waals surface area contributed by atoms with Gasteiger partial charge in [-0.2, -0.15) is 5.11 Å². The van der Waals surface area contributed by atoms with Gasteiger partial charge < -0.3 is 18.7 Å². The first-order valence-corrected chi connectivity index (χ1v) is 16.5. The molecule has 0 aliphatic carbocycles. The first-order valence-electron chi connectivity index (χ1n) is 15.4. The van der Waals surface area contributed by atoms with E-state index in [1.807, 2.05) is 0 Å². The highest BCUT2D eigenvalue weighted by atomic mass is 31.2. The Balaban J connectivity index is 1.74. The number of ether oxygens (including phenoxy) is 1. The Kier molecular flexibility index (Phi) is 12.9. The standard InChI is InChI=1S/C32H50N5O5P/c1-10-18-41-43(36(23(2)3)24(4)5)42-19-12-11-17-35-30-21-31(40-9)29(20-28(30)25(6)22-32(35,7)8)34-33-26-13-15-27(16-14-26)37(38)39/h13-16,20-21,23-25H,10-12,17-19,22H2,1-9H3/b34-33+. The second kappa shape index (κ2) is 15.9. The molecular weight excluding hydrogens is 565 g/mol. The molecule has 2 aromatic rings. The van der Waals surface area contributed by atoms with E-state index in [1.165, 1.54) is 17.7 Å². The van der Waals surface area contributed by atoms with Crippen LogP contribution in [0.1, 0.15) is 92.6 Å². The lowest BCUT2D eigenvalue weighted by atomic mass is 9.79. The van der Waals surface area contributed by atoms with Crippen LogP contribution < -0.4 is 9.64 Å². The lowest BCUT2D eigenvalue weighted by Crippen LogP contribution is -2.48. The van der Waals surface area contributed by atoms with Crippen molar-refractivity contribution in [2.45, 2.75) is 105 Å². The van der Waals surface area contributed by atoms with E-state index in [4.69, 9.17) is 13.8 Å². The molecule has 0 spiro atoms. The first-order chi connectivity index (χ1) is 20.4. The maximum absolute atomic E-state index is 11.0. The van der Waals surface area contributed by atoms with Crippen LogP contribution in [0, 0.1) is 10.1 Å². The quantitative estimate of drug-likeness (QED) is 0.0609. The van der Waals surface area contributed by atoms with Crippen molar-refractivity contribution in [2.75, 3.05) is 31.8 Å². The third kappa shape index (κ3) is 9.17. The summed E-state index contributed by atoms with van der Waals surface area (Å²) in [5.41, 5.74) is 3.55. The number of methoxy groups -OCH3 is 1. The molecule has 2 unspecified atom stereocenters. The molecule has 0 N–H and O–H groups in total. The van der Waals surface area contributed by atoms with Crippen molar-refractivity contribution in [3.8, 4) is 5.75 Å². The van der Waals surface area contributed by atoms with Gasteiger partial charge in [0.05, 0.1) is 30.9 Å². The summed E-state index contributed by atoms with van der Waals surface area (Å²) >= 11 is 0. The Bertz CT molecular complexity index is 1210. The Labute approximate surface area is 258 Å². The number of nitrogens with zero attached hydrogens (tertiary/aromatic N) is 5. The van der Waals surface area contributed by atoms with Crippen molar-refractivity contribution < 1.29 is 18.7 Å². The molecule has 238 valence electrons. The molecule has 1 aliphatic rings. The maximum Gasteiger partial charge on any atom is 0.269 e. The molecule has 0 fully saturated rings. The molecule has 0 aromatic heterocycles. The number of rotatable bonds is 16. The largest absolute Gasteiger partial charge is 0.494 e. The number of nitro groups is 1. The summed E-state index contributed by atoms with van der Waals surface area (Å²) in [4.78, 5) is 13.0. The van der Waals surface area contributed by atoms with Crippen LogP contribution in [0.3, 0.4) is 0 Å². The summed E-state index contributed by atoms with van der Waals surface area (Å²) in [5, 5.41) is 19.8. The zero-order valence-electron chi connectivity index (χ0n) is 27.4. The smallest absolute Gasteiger partial charge is 0.269 e. The molecule has 0 saturated heterocycles. The molecule has 2 atom stereocenters. The van der Waals surface area contributed by atoms with E-state index in [0.29, 0.717) is 48.3 Å². The number of azo groups is 1. The van der Waals surface area contributed by atoms with Gasteiger partial charge in [0, 0.05) is 48.1 Å². The molecule has 11 heteroatoms. The lowest BCUT2D eigenvalue weighted by Gasteiger charge is -2.48. The van der Waals surface area contributed by atoms with Crippen molar-refractivity contribution in [2.24, 2.45) is 10.2 Å². The molecule has 0 bridgehead atoms. The zero-order valence-corrected chi connectivity index (χ0v) is 28.3. The molecule has 0 saturated carbocycles. The fraction of sp³-hybridized carbons (Fsp3) is 0.625. The average Bonchev–Trinajstić information content (AvgIpc) is 2.94. The Hall–Kier alpha value is -2.65. The van der Waals surface area contributed by atoms with Crippen molar-refractivity contribution >= 4 is 31.3 Å². The molecule has 1 aliphatic heterocycles.